The standard InChI is InChI=1S/C22H34BrN5O3S/c1-4-5-6-7-8-9-12-25-32(30,31)20-13-18(11-10-16(20)2)27-22-24-14-19(23)21(28-22)26-17(3)15-29/h10-11,13-14,17,25,29H,4-9,12,15H2,1-3H3,(H2,24,26,27,28)/t17-/m1/s1. The number of halogens is 1. The molecule has 8 nitrogen and oxygen atoms in total. The maximum absolute atomic E-state index is 12.8. The number of hydrogen-bond donors (Lipinski definition) is 4. The number of rotatable bonds is 14. The average Bonchev–Trinajstić information content (AvgIpc) is 2.76. The van der Waals surface area contributed by atoms with E-state index in [4.69, 9.17) is 0 Å². The number of hydrogen-bond acceptors (Lipinski definition) is 7. The van der Waals surface area contributed by atoms with Gasteiger partial charge in [-0.25, -0.2) is 18.1 Å². The normalized spacial score (nSPS) is 12.5. The van der Waals surface area contributed by atoms with Crippen LogP contribution in [0.2, 0.25) is 0 Å². The Hall–Kier alpha value is -1.75. The average molecular weight is 529 g/mol. The molecule has 0 saturated heterocycles. The van der Waals surface area contributed by atoms with Gasteiger partial charge in [0, 0.05) is 24.5 Å². The van der Waals surface area contributed by atoms with Crippen LogP contribution in [0.3, 0.4) is 0 Å². The smallest absolute Gasteiger partial charge is 0.240 e. The third-order valence-corrected chi connectivity index (χ3v) is 7.14. The molecular formula is C22H34BrN5O3S. The number of aryl methyl sites for hydroxylation is 1. The Kier molecular flexibility index (Phi) is 10.8. The van der Waals surface area contributed by atoms with Crippen LogP contribution in [0.4, 0.5) is 17.5 Å². The van der Waals surface area contributed by atoms with Gasteiger partial charge in [-0.15, -0.1) is 0 Å². The van der Waals surface area contributed by atoms with E-state index in [9.17, 15) is 13.5 Å². The van der Waals surface area contributed by atoms with Crippen molar-refractivity contribution in [3.8, 4) is 0 Å². The van der Waals surface area contributed by atoms with Crippen LogP contribution in [0.15, 0.2) is 33.8 Å². The van der Waals surface area contributed by atoms with E-state index in [2.05, 4.69) is 48.2 Å². The van der Waals surface area contributed by atoms with Crippen molar-refractivity contribution in [2.45, 2.75) is 70.2 Å². The number of aliphatic hydroxyl groups excluding tert-OH is 1. The van der Waals surface area contributed by atoms with E-state index in [0.29, 0.717) is 34.0 Å². The molecule has 0 aliphatic carbocycles. The highest BCUT2D eigenvalue weighted by atomic mass is 79.9. The Morgan fingerprint density at radius 2 is 1.88 bits per heavy atom. The van der Waals surface area contributed by atoms with Crippen LogP contribution in [-0.2, 0) is 10.0 Å². The molecule has 0 spiro atoms. The number of aliphatic hydroxyl groups is 1. The second-order valence-corrected chi connectivity index (χ2v) is 10.5. The zero-order valence-electron chi connectivity index (χ0n) is 19.0. The van der Waals surface area contributed by atoms with Gasteiger partial charge in [-0.3, -0.25) is 0 Å². The summed E-state index contributed by atoms with van der Waals surface area (Å²) in [5, 5.41) is 15.4. The van der Waals surface area contributed by atoms with Crippen molar-refractivity contribution in [3.63, 3.8) is 0 Å². The molecule has 1 aromatic heterocycles. The second-order valence-electron chi connectivity index (χ2n) is 7.89. The molecular weight excluding hydrogens is 494 g/mol. The summed E-state index contributed by atoms with van der Waals surface area (Å²) in [6, 6.07) is 4.96. The molecule has 0 aliphatic heterocycles. The van der Waals surface area contributed by atoms with Crippen LogP contribution in [0.1, 0.15) is 57.9 Å². The predicted molar refractivity (Wildman–Crippen MR) is 133 cm³/mol. The van der Waals surface area contributed by atoms with E-state index in [0.717, 1.165) is 19.3 Å². The molecule has 2 aromatic rings. The van der Waals surface area contributed by atoms with Gasteiger partial charge < -0.3 is 15.7 Å². The van der Waals surface area contributed by atoms with Gasteiger partial charge in [-0.1, -0.05) is 45.1 Å². The SMILES string of the molecule is CCCCCCCCNS(=O)(=O)c1cc(Nc2ncc(Br)c(N[C@H](C)CO)n2)ccc1C. The van der Waals surface area contributed by atoms with Crippen LogP contribution < -0.4 is 15.4 Å². The van der Waals surface area contributed by atoms with Crippen LogP contribution in [0.5, 0.6) is 0 Å². The first-order valence-electron chi connectivity index (χ1n) is 11.0. The summed E-state index contributed by atoms with van der Waals surface area (Å²) in [7, 11) is -3.62. The van der Waals surface area contributed by atoms with E-state index in [1.165, 1.54) is 19.3 Å². The summed E-state index contributed by atoms with van der Waals surface area (Å²) in [4.78, 5) is 8.87. The molecule has 0 radical (unpaired) electrons. The lowest BCUT2D eigenvalue weighted by atomic mass is 10.1. The van der Waals surface area contributed by atoms with Crippen molar-refractivity contribution in [3.05, 3.63) is 34.4 Å². The lowest BCUT2D eigenvalue weighted by molar-refractivity contribution is 0.281. The number of nitrogens with one attached hydrogen (secondary N) is 3. The van der Waals surface area contributed by atoms with Crippen LogP contribution >= 0.6 is 15.9 Å². The largest absolute Gasteiger partial charge is 0.394 e. The van der Waals surface area contributed by atoms with E-state index in [-0.39, 0.29) is 17.5 Å². The minimum atomic E-state index is -3.62. The number of aromatic nitrogens is 2. The van der Waals surface area contributed by atoms with Crippen molar-refractivity contribution in [1.29, 1.82) is 0 Å². The molecule has 2 rings (SSSR count). The molecule has 0 amide bonds. The molecule has 1 atom stereocenters. The number of anilines is 3. The highest BCUT2D eigenvalue weighted by Gasteiger charge is 2.17. The van der Waals surface area contributed by atoms with Crippen LogP contribution in [0, 0.1) is 6.92 Å². The molecule has 0 saturated carbocycles. The van der Waals surface area contributed by atoms with Crippen LogP contribution in [0.25, 0.3) is 0 Å². The summed E-state index contributed by atoms with van der Waals surface area (Å²) < 4.78 is 29.0. The Morgan fingerprint density at radius 3 is 2.59 bits per heavy atom. The zero-order chi connectivity index (χ0) is 23.6. The minimum Gasteiger partial charge on any atom is -0.394 e. The summed E-state index contributed by atoms with van der Waals surface area (Å²) in [6.07, 6.45) is 8.20. The van der Waals surface area contributed by atoms with Gasteiger partial charge in [-0.2, -0.15) is 4.98 Å². The Bertz CT molecular complexity index is 972. The van der Waals surface area contributed by atoms with E-state index >= 15 is 0 Å². The predicted octanol–water partition coefficient (Wildman–Crippen LogP) is 4.72. The van der Waals surface area contributed by atoms with Gasteiger partial charge >= 0.3 is 0 Å². The first kappa shape index (κ1) is 26.5. The van der Waals surface area contributed by atoms with Gasteiger partial charge in [0.15, 0.2) is 0 Å². The Balaban J connectivity index is 2.06. The molecule has 1 heterocycles. The second kappa shape index (κ2) is 13.1. The molecule has 1 aromatic carbocycles. The Morgan fingerprint density at radius 1 is 1.16 bits per heavy atom. The highest BCUT2D eigenvalue weighted by molar-refractivity contribution is 9.10. The highest BCUT2D eigenvalue weighted by Crippen LogP contribution is 2.25. The molecule has 32 heavy (non-hydrogen) atoms. The summed E-state index contributed by atoms with van der Waals surface area (Å²) in [5.41, 5.74) is 1.24. The van der Waals surface area contributed by atoms with Gasteiger partial charge in [-0.05, 0) is 53.9 Å². The van der Waals surface area contributed by atoms with E-state index in [1.54, 1.807) is 31.3 Å². The molecule has 178 valence electrons. The third-order valence-electron chi connectivity index (χ3n) is 4.96. The van der Waals surface area contributed by atoms with Crippen molar-refractivity contribution in [2.24, 2.45) is 0 Å². The quantitative estimate of drug-likeness (QED) is 0.262. The summed E-state index contributed by atoms with van der Waals surface area (Å²) >= 11 is 3.38. The van der Waals surface area contributed by atoms with Crippen molar-refractivity contribution < 1.29 is 13.5 Å². The third kappa shape index (κ3) is 8.31. The lowest BCUT2D eigenvalue weighted by Crippen LogP contribution is -2.25. The number of nitrogens with zero attached hydrogens (tertiary/aromatic N) is 2. The van der Waals surface area contributed by atoms with E-state index < -0.39 is 10.0 Å². The molecule has 0 bridgehead atoms. The first-order chi connectivity index (χ1) is 15.3. The molecule has 10 heteroatoms. The van der Waals surface area contributed by atoms with Crippen LogP contribution in [-0.4, -0.2) is 42.7 Å². The van der Waals surface area contributed by atoms with E-state index in [1.807, 2.05) is 6.92 Å². The van der Waals surface area contributed by atoms with Gasteiger partial charge in [0.25, 0.3) is 0 Å². The van der Waals surface area contributed by atoms with Crippen molar-refractivity contribution in [2.75, 3.05) is 23.8 Å². The van der Waals surface area contributed by atoms with Crippen molar-refractivity contribution in [1.82, 2.24) is 14.7 Å². The molecule has 0 aliphatic rings. The fraction of sp³-hybridized carbons (Fsp3) is 0.545. The fourth-order valence-corrected chi connectivity index (χ4v) is 4.74. The fourth-order valence-electron chi connectivity index (χ4n) is 3.09. The Labute approximate surface area is 199 Å². The minimum absolute atomic E-state index is 0.0376. The number of sulfonamides is 1. The summed E-state index contributed by atoms with van der Waals surface area (Å²) in [5.74, 6) is 0.845. The van der Waals surface area contributed by atoms with Gasteiger partial charge in [0.05, 0.1) is 16.0 Å². The maximum Gasteiger partial charge on any atom is 0.240 e. The maximum atomic E-state index is 12.8. The first-order valence-corrected chi connectivity index (χ1v) is 13.3. The van der Waals surface area contributed by atoms with Crippen molar-refractivity contribution >= 4 is 43.4 Å². The van der Waals surface area contributed by atoms with Gasteiger partial charge in [0.1, 0.15) is 5.82 Å². The molecule has 0 unspecified atom stereocenters. The lowest BCUT2D eigenvalue weighted by Gasteiger charge is -2.15. The summed E-state index contributed by atoms with van der Waals surface area (Å²) in [6.45, 7) is 6.17. The zero-order valence-corrected chi connectivity index (χ0v) is 21.4. The monoisotopic (exact) mass is 527 g/mol. The molecule has 4 N–H and O–H groups in total. The van der Waals surface area contributed by atoms with Gasteiger partial charge in [0.2, 0.25) is 16.0 Å². The topological polar surface area (TPSA) is 116 Å². The number of benzene rings is 1. The molecule has 0 fully saturated rings. The number of unbranched alkanes of at least 4 members (excludes halogenated alkanes) is 5.